The van der Waals surface area contributed by atoms with Crippen LogP contribution in [0.1, 0.15) is 67.7 Å². The molecule has 156 valence electrons. The first-order valence-electron chi connectivity index (χ1n) is 10.4. The van der Waals surface area contributed by atoms with Crippen molar-refractivity contribution < 1.29 is 19.1 Å². The lowest BCUT2D eigenvalue weighted by molar-refractivity contribution is 0.00269. The Bertz CT molecular complexity index is 755. The molecule has 2 aromatic rings. The highest BCUT2D eigenvalue weighted by atomic mass is 16.5. The molecule has 0 fully saturated rings. The Morgan fingerprint density at radius 2 is 1.17 bits per heavy atom. The van der Waals surface area contributed by atoms with Crippen LogP contribution in [0.2, 0.25) is 0 Å². The highest BCUT2D eigenvalue weighted by Crippen LogP contribution is 2.23. The zero-order chi connectivity index (χ0) is 21.2. The number of hydrogen-bond acceptors (Lipinski definition) is 4. The summed E-state index contributed by atoms with van der Waals surface area (Å²) in [5.41, 5.74) is 1.13. The number of rotatable bonds is 10. The molecule has 2 rings (SSSR count). The van der Waals surface area contributed by atoms with Crippen molar-refractivity contribution in [2.75, 3.05) is 0 Å². The van der Waals surface area contributed by atoms with E-state index in [1.165, 1.54) is 0 Å². The fourth-order valence-electron chi connectivity index (χ4n) is 3.30. The Morgan fingerprint density at radius 1 is 0.724 bits per heavy atom. The average Bonchev–Trinajstić information content (AvgIpc) is 2.75. The molecule has 0 radical (unpaired) electrons. The summed E-state index contributed by atoms with van der Waals surface area (Å²) in [6, 6.07) is 18.1. The van der Waals surface area contributed by atoms with Crippen LogP contribution >= 0.6 is 0 Å². The Kier molecular flexibility index (Phi) is 8.91. The highest BCUT2D eigenvalue weighted by Gasteiger charge is 2.25. The zero-order valence-electron chi connectivity index (χ0n) is 17.8. The second-order valence-corrected chi connectivity index (χ2v) is 7.83. The maximum atomic E-state index is 12.4. The minimum atomic E-state index is -0.292. The van der Waals surface area contributed by atoms with E-state index in [9.17, 15) is 9.59 Å². The second kappa shape index (κ2) is 11.4. The summed E-state index contributed by atoms with van der Waals surface area (Å²) in [5.74, 6) is -0.203. The summed E-state index contributed by atoms with van der Waals surface area (Å²) >= 11 is 0. The van der Waals surface area contributed by atoms with Gasteiger partial charge in [0.2, 0.25) is 0 Å². The number of ether oxygens (including phenoxy) is 2. The van der Waals surface area contributed by atoms with Gasteiger partial charge < -0.3 is 9.47 Å². The van der Waals surface area contributed by atoms with Crippen LogP contribution in [0.5, 0.6) is 0 Å². The van der Waals surface area contributed by atoms with Crippen LogP contribution in [0.4, 0.5) is 0 Å². The standard InChI is InChI=1S/C25H32O4/c1-5-22(28-24(26)20-12-8-6-9-13-20)19(4)16-17-23(18(2)3)29-25(27)21-14-10-7-11-15-21/h6-15,18-19,22-23H,5,16-17H2,1-4H3. The summed E-state index contributed by atoms with van der Waals surface area (Å²) in [7, 11) is 0. The number of esters is 2. The molecule has 4 heteroatoms. The van der Waals surface area contributed by atoms with E-state index in [2.05, 4.69) is 20.8 Å². The van der Waals surface area contributed by atoms with E-state index in [4.69, 9.17) is 9.47 Å². The molecule has 0 aliphatic carbocycles. The van der Waals surface area contributed by atoms with E-state index in [1.54, 1.807) is 24.3 Å². The van der Waals surface area contributed by atoms with Gasteiger partial charge in [-0.1, -0.05) is 64.1 Å². The Labute approximate surface area is 174 Å². The molecular formula is C25H32O4. The lowest BCUT2D eigenvalue weighted by atomic mass is 9.92. The topological polar surface area (TPSA) is 52.6 Å². The third-order valence-electron chi connectivity index (χ3n) is 5.22. The van der Waals surface area contributed by atoms with Crippen molar-refractivity contribution in [2.45, 2.75) is 59.2 Å². The summed E-state index contributed by atoms with van der Waals surface area (Å²) in [4.78, 5) is 24.8. The van der Waals surface area contributed by atoms with Crippen LogP contribution in [0.25, 0.3) is 0 Å². The molecule has 0 heterocycles. The van der Waals surface area contributed by atoms with Crippen molar-refractivity contribution >= 4 is 11.9 Å². The van der Waals surface area contributed by atoms with Crippen molar-refractivity contribution in [3.8, 4) is 0 Å². The van der Waals surface area contributed by atoms with Crippen molar-refractivity contribution in [2.24, 2.45) is 11.8 Å². The van der Waals surface area contributed by atoms with Gasteiger partial charge >= 0.3 is 11.9 Å². The molecule has 0 aromatic heterocycles. The van der Waals surface area contributed by atoms with Crippen LogP contribution in [-0.2, 0) is 9.47 Å². The molecule has 3 unspecified atom stereocenters. The predicted octanol–water partition coefficient (Wildman–Crippen LogP) is 5.92. The molecular weight excluding hydrogens is 364 g/mol. The Balaban J connectivity index is 1.91. The number of hydrogen-bond donors (Lipinski definition) is 0. The van der Waals surface area contributed by atoms with Gasteiger partial charge in [-0.3, -0.25) is 0 Å². The first-order chi connectivity index (χ1) is 13.9. The van der Waals surface area contributed by atoms with Gasteiger partial charge in [-0.2, -0.15) is 0 Å². The Morgan fingerprint density at radius 3 is 1.59 bits per heavy atom. The van der Waals surface area contributed by atoms with Crippen LogP contribution in [0.3, 0.4) is 0 Å². The first kappa shape index (κ1) is 22.7. The number of benzene rings is 2. The summed E-state index contributed by atoms with van der Waals surface area (Å²) in [5, 5.41) is 0. The largest absolute Gasteiger partial charge is 0.459 e. The lowest BCUT2D eigenvalue weighted by Gasteiger charge is -2.26. The van der Waals surface area contributed by atoms with Crippen LogP contribution in [-0.4, -0.2) is 24.1 Å². The lowest BCUT2D eigenvalue weighted by Crippen LogP contribution is -2.28. The van der Waals surface area contributed by atoms with Gasteiger partial charge in [0.05, 0.1) is 11.1 Å². The monoisotopic (exact) mass is 396 g/mol. The minimum Gasteiger partial charge on any atom is -0.459 e. The maximum absolute atomic E-state index is 12.4. The molecule has 4 nitrogen and oxygen atoms in total. The summed E-state index contributed by atoms with van der Waals surface area (Å²) < 4.78 is 11.5. The summed E-state index contributed by atoms with van der Waals surface area (Å²) in [6.07, 6.45) is 1.95. The van der Waals surface area contributed by atoms with Crippen LogP contribution in [0, 0.1) is 11.8 Å². The van der Waals surface area contributed by atoms with Gasteiger partial charge in [0.15, 0.2) is 0 Å². The van der Waals surface area contributed by atoms with Crippen molar-refractivity contribution in [1.82, 2.24) is 0 Å². The van der Waals surface area contributed by atoms with Gasteiger partial charge in [-0.05, 0) is 55.4 Å². The second-order valence-electron chi connectivity index (χ2n) is 7.83. The maximum Gasteiger partial charge on any atom is 0.338 e. The molecule has 2 aromatic carbocycles. The van der Waals surface area contributed by atoms with E-state index in [-0.39, 0.29) is 36.0 Å². The van der Waals surface area contributed by atoms with Gasteiger partial charge in [-0.15, -0.1) is 0 Å². The van der Waals surface area contributed by atoms with Gasteiger partial charge in [0, 0.05) is 0 Å². The summed E-state index contributed by atoms with van der Waals surface area (Å²) in [6.45, 7) is 8.22. The highest BCUT2D eigenvalue weighted by molar-refractivity contribution is 5.89. The van der Waals surface area contributed by atoms with Crippen LogP contribution < -0.4 is 0 Å². The van der Waals surface area contributed by atoms with E-state index in [0.717, 1.165) is 19.3 Å². The normalized spacial score (nSPS) is 14.1. The predicted molar refractivity (Wildman–Crippen MR) is 115 cm³/mol. The van der Waals surface area contributed by atoms with E-state index in [0.29, 0.717) is 11.1 Å². The molecule has 0 N–H and O–H groups in total. The fourth-order valence-corrected chi connectivity index (χ4v) is 3.30. The SMILES string of the molecule is CCC(OC(=O)c1ccccc1)C(C)CCC(OC(=O)c1ccccc1)C(C)C. The smallest absolute Gasteiger partial charge is 0.338 e. The molecule has 0 saturated heterocycles. The third-order valence-corrected chi connectivity index (χ3v) is 5.22. The molecule has 3 atom stereocenters. The quantitative estimate of drug-likeness (QED) is 0.468. The van der Waals surface area contributed by atoms with Crippen molar-refractivity contribution in [3.63, 3.8) is 0 Å². The van der Waals surface area contributed by atoms with Gasteiger partial charge in [-0.25, -0.2) is 9.59 Å². The minimum absolute atomic E-state index is 0.166. The third kappa shape index (κ3) is 7.04. The zero-order valence-corrected chi connectivity index (χ0v) is 17.8. The molecule has 0 aliphatic rings. The molecule has 0 bridgehead atoms. The number of carbonyl (C=O) groups excluding carboxylic acids is 2. The Hall–Kier alpha value is -2.62. The van der Waals surface area contributed by atoms with Gasteiger partial charge in [0.1, 0.15) is 12.2 Å². The average molecular weight is 397 g/mol. The van der Waals surface area contributed by atoms with Crippen molar-refractivity contribution in [1.29, 1.82) is 0 Å². The molecule has 0 aliphatic heterocycles. The van der Waals surface area contributed by atoms with E-state index >= 15 is 0 Å². The van der Waals surface area contributed by atoms with Crippen molar-refractivity contribution in [3.05, 3.63) is 71.8 Å². The molecule has 0 amide bonds. The molecule has 0 saturated carbocycles. The first-order valence-corrected chi connectivity index (χ1v) is 10.4. The molecule has 0 spiro atoms. The van der Waals surface area contributed by atoms with E-state index in [1.807, 2.05) is 43.3 Å². The van der Waals surface area contributed by atoms with E-state index < -0.39 is 0 Å². The van der Waals surface area contributed by atoms with Gasteiger partial charge in [0.25, 0.3) is 0 Å². The number of carbonyl (C=O) groups is 2. The van der Waals surface area contributed by atoms with Crippen LogP contribution in [0.15, 0.2) is 60.7 Å². The fraction of sp³-hybridized carbons (Fsp3) is 0.440. The molecule has 29 heavy (non-hydrogen) atoms.